The number of hydrogen-bond donors (Lipinski definition) is 0. The highest BCUT2D eigenvalue weighted by Crippen LogP contribution is 2.31. The summed E-state index contributed by atoms with van der Waals surface area (Å²) in [4.78, 5) is 5.24. The molecule has 0 amide bonds. The van der Waals surface area contributed by atoms with Crippen molar-refractivity contribution in [1.29, 1.82) is 5.26 Å². The lowest BCUT2D eigenvalue weighted by atomic mass is 10.0. The molecule has 3 heteroatoms. The van der Waals surface area contributed by atoms with Crippen molar-refractivity contribution in [2.75, 3.05) is 19.6 Å². The van der Waals surface area contributed by atoms with Crippen LogP contribution in [-0.4, -0.2) is 41.5 Å². The maximum Gasteiger partial charge on any atom is 0.0635 e. The first kappa shape index (κ1) is 14.6. The standard InChI is InChI=1S/C18H25N3/c19-11-6-14-20-12-4-9-17(20)18-10-5-13-21(18)15-16-7-2-1-3-8-16/h1-3,7-8,17-18H,4-6,9-10,12-15H2/t17-,18+/m0/s1. The highest BCUT2D eigenvalue weighted by Gasteiger charge is 2.37. The van der Waals surface area contributed by atoms with E-state index in [1.54, 1.807) is 0 Å². The molecule has 0 saturated carbocycles. The third-order valence-corrected chi connectivity index (χ3v) is 5.01. The van der Waals surface area contributed by atoms with E-state index in [9.17, 15) is 0 Å². The molecule has 2 fully saturated rings. The Bertz CT molecular complexity index is 479. The van der Waals surface area contributed by atoms with Gasteiger partial charge in [-0.3, -0.25) is 9.80 Å². The van der Waals surface area contributed by atoms with E-state index in [4.69, 9.17) is 5.26 Å². The minimum Gasteiger partial charge on any atom is -0.298 e. The van der Waals surface area contributed by atoms with Gasteiger partial charge in [0.25, 0.3) is 0 Å². The van der Waals surface area contributed by atoms with Crippen molar-refractivity contribution in [3.8, 4) is 6.07 Å². The average molecular weight is 283 g/mol. The maximum absolute atomic E-state index is 8.84. The lowest BCUT2D eigenvalue weighted by Crippen LogP contribution is -2.46. The second kappa shape index (κ2) is 7.06. The van der Waals surface area contributed by atoms with Crippen LogP contribution in [0.2, 0.25) is 0 Å². The summed E-state index contributed by atoms with van der Waals surface area (Å²) >= 11 is 0. The number of nitriles is 1. The zero-order valence-electron chi connectivity index (χ0n) is 12.7. The van der Waals surface area contributed by atoms with E-state index >= 15 is 0 Å². The zero-order chi connectivity index (χ0) is 14.5. The van der Waals surface area contributed by atoms with Crippen molar-refractivity contribution < 1.29 is 0 Å². The SMILES string of the molecule is N#CCCN1CCC[C@H]1[C@H]1CCCN1Cc1ccccc1. The topological polar surface area (TPSA) is 30.3 Å². The third kappa shape index (κ3) is 3.45. The summed E-state index contributed by atoms with van der Waals surface area (Å²) in [6.07, 6.45) is 5.91. The summed E-state index contributed by atoms with van der Waals surface area (Å²) in [5.41, 5.74) is 1.42. The predicted octanol–water partition coefficient (Wildman–Crippen LogP) is 3.03. The van der Waals surface area contributed by atoms with Gasteiger partial charge in [0.05, 0.1) is 6.07 Å². The van der Waals surface area contributed by atoms with Crippen molar-refractivity contribution in [2.45, 2.75) is 50.7 Å². The monoisotopic (exact) mass is 283 g/mol. The van der Waals surface area contributed by atoms with Crippen molar-refractivity contribution in [2.24, 2.45) is 0 Å². The Morgan fingerprint density at radius 3 is 2.38 bits per heavy atom. The molecule has 0 bridgehead atoms. The van der Waals surface area contributed by atoms with E-state index in [0.29, 0.717) is 18.5 Å². The van der Waals surface area contributed by atoms with Gasteiger partial charge in [0, 0.05) is 31.6 Å². The van der Waals surface area contributed by atoms with Crippen LogP contribution in [0.25, 0.3) is 0 Å². The van der Waals surface area contributed by atoms with Gasteiger partial charge in [-0.15, -0.1) is 0 Å². The summed E-state index contributed by atoms with van der Waals surface area (Å²) in [5, 5.41) is 8.84. The number of hydrogen-bond acceptors (Lipinski definition) is 3. The fraction of sp³-hybridized carbons (Fsp3) is 0.611. The number of rotatable bonds is 5. The molecule has 112 valence electrons. The Kier molecular flexibility index (Phi) is 4.90. The van der Waals surface area contributed by atoms with Crippen LogP contribution >= 0.6 is 0 Å². The second-order valence-corrected chi connectivity index (χ2v) is 6.32. The number of likely N-dealkylation sites (tertiary alicyclic amines) is 2. The van der Waals surface area contributed by atoms with Gasteiger partial charge in [-0.25, -0.2) is 0 Å². The molecule has 0 aromatic heterocycles. The fourth-order valence-electron chi connectivity index (χ4n) is 4.06. The fourth-order valence-corrected chi connectivity index (χ4v) is 4.06. The van der Waals surface area contributed by atoms with Crippen LogP contribution in [-0.2, 0) is 6.54 Å². The van der Waals surface area contributed by atoms with E-state index in [2.05, 4.69) is 46.2 Å². The largest absolute Gasteiger partial charge is 0.298 e. The smallest absolute Gasteiger partial charge is 0.0635 e. The van der Waals surface area contributed by atoms with Crippen LogP contribution in [0.15, 0.2) is 30.3 Å². The van der Waals surface area contributed by atoms with E-state index in [1.165, 1.54) is 44.3 Å². The highest BCUT2D eigenvalue weighted by molar-refractivity contribution is 5.15. The van der Waals surface area contributed by atoms with E-state index < -0.39 is 0 Å². The predicted molar refractivity (Wildman–Crippen MR) is 84.7 cm³/mol. The first-order valence-electron chi connectivity index (χ1n) is 8.27. The van der Waals surface area contributed by atoms with Crippen molar-refractivity contribution in [3.63, 3.8) is 0 Å². The lowest BCUT2D eigenvalue weighted by molar-refractivity contribution is 0.130. The molecule has 0 unspecified atom stereocenters. The Balaban J connectivity index is 1.64. The van der Waals surface area contributed by atoms with Crippen molar-refractivity contribution in [1.82, 2.24) is 9.80 Å². The van der Waals surface area contributed by atoms with E-state index in [0.717, 1.165) is 13.1 Å². The summed E-state index contributed by atoms with van der Waals surface area (Å²) in [6, 6.07) is 14.5. The molecule has 1 aromatic rings. The van der Waals surface area contributed by atoms with E-state index in [-0.39, 0.29) is 0 Å². The molecule has 3 rings (SSSR count). The van der Waals surface area contributed by atoms with Gasteiger partial charge < -0.3 is 0 Å². The van der Waals surface area contributed by atoms with Gasteiger partial charge in [-0.05, 0) is 44.3 Å². The molecular weight excluding hydrogens is 258 g/mol. The van der Waals surface area contributed by atoms with Gasteiger partial charge in [-0.2, -0.15) is 5.26 Å². The number of benzene rings is 1. The molecule has 0 spiro atoms. The van der Waals surface area contributed by atoms with Crippen LogP contribution < -0.4 is 0 Å². The van der Waals surface area contributed by atoms with Gasteiger partial charge in [0.1, 0.15) is 0 Å². The molecule has 3 nitrogen and oxygen atoms in total. The van der Waals surface area contributed by atoms with E-state index in [1.807, 2.05) is 0 Å². The minimum absolute atomic E-state index is 0.669. The quantitative estimate of drug-likeness (QED) is 0.832. The van der Waals surface area contributed by atoms with Gasteiger partial charge in [0.15, 0.2) is 0 Å². The van der Waals surface area contributed by atoms with Gasteiger partial charge in [-0.1, -0.05) is 30.3 Å². The summed E-state index contributed by atoms with van der Waals surface area (Å²) in [6.45, 7) is 4.44. The lowest BCUT2D eigenvalue weighted by Gasteiger charge is -2.34. The zero-order valence-corrected chi connectivity index (χ0v) is 12.7. The third-order valence-electron chi connectivity index (χ3n) is 5.01. The minimum atomic E-state index is 0.669. The molecule has 0 N–H and O–H groups in total. The van der Waals surface area contributed by atoms with Crippen LogP contribution in [0.5, 0.6) is 0 Å². The van der Waals surface area contributed by atoms with Crippen LogP contribution in [0.3, 0.4) is 0 Å². The molecule has 2 aliphatic rings. The van der Waals surface area contributed by atoms with Gasteiger partial charge in [0.2, 0.25) is 0 Å². The molecule has 2 heterocycles. The average Bonchev–Trinajstić information content (AvgIpc) is 3.14. The van der Waals surface area contributed by atoms with Crippen molar-refractivity contribution in [3.05, 3.63) is 35.9 Å². The normalized spacial score (nSPS) is 27.0. The van der Waals surface area contributed by atoms with Gasteiger partial charge >= 0.3 is 0 Å². The van der Waals surface area contributed by atoms with Crippen LogP contribution in [0, 0.1) is 11.3 Å². The molecule has 2 saturated heterocycles. The Hall–Kier alpha value is -1.37. The maximum atomic E-state index is 8.84. The first-order valence-corrected chi connectivity index (χ1v) is 8.27. The Morgan fingerprint density at radius 1 is 1.00 bits per heavy atom. The molecule has 1 aromatic carbocycles. The van der Waals surface area contributed by atoms with Crippen molar-refractivity contribution >= 4 is 0 Å². The molecule has 2 atom stereocenters. The van der Waals surface area contributed by atoms with Crippen LogP contribution in [0.1, 0.15) is 37.7 Å². The summed E-state index contributed by atoms with van der Waals surface area (Å²) in [7, 11) is 0. The molecule has 0 radical (unpaired) electrons. The van der Waals surface area contributed by atoms with Crippen LogP contribution in [0.4, 0.5) is 0 Å². The molecule has 0 aliphatic carbocycles. The molecule has 2 aliphatic heterocycles. The Morgan fingerprint density at radius 2 is 1.67 bits per heavy atom. The molecular formula is C18H25N3. The second-order valence-electron chi connectivity index (χ2n) is 6.32. The Labute approximate surface area is 128 Å². The highest BCUT2D eigenvalue weighted by atomic mass is 15.3. The summed E-state index contributed by atoms with van der Waals surface area (Å²) < 4.78 is 0. The summed E-state index contributed by atoms with van der Waals surface area (Å²) in [5.74, 6) is 0. The number of nitrogens with zero attached hydrogens (tertiary/aromatic N) is 3. The first-order chi connectivity index (χ1) is 10.4. The molecule has 21 heavy (non-hydrogen) atoms.